The molecule has 1 saturated heterocycles. The minimum atomic E-state index is -1.12. The van der Waals surface area contributed by atoms with Gasteiger partial charge in [-0.1, -0.05) is 40.2 Å². The van der Waals surface area contributed by atoms with Crippen molar-refractivity contribution in [3.05, 3.63) is 69.7 Å². The maximum Gasteiger partial charge on any atom is 0.325 e. The number of urea groups is 1. The SMILES string of the molecule is CC1(c2ccc(C#N)cc2)NC(=O)N(Cc2ccc(Br)cc2)C1=O. The number of nitriles is 1. The molecule has 1 fully saturated rings. The first kappa shape index (κ1) is 16.2. The average Bonchev–Trinajstić information content (AvgIpc) is 2.81. The van der Waals surface area contributed by atoms with Crippen molar-refractivity contribution in [3.8, 4) is 6.07 Å². The van der Waals surface area contributed by atoms with Crippen molar-refractivity contribution < 1.29 is 9.59 Å². The second kappa shape index (κ2) is 6.10. The van der Waals surface area contributed by atoms with Gasteiger partial charge in [0.05, 0.1) is 18.2 Å². The number of benzene rings is 2. The Morgan fingerprint density at radius 1 is 1.12 bits per heavy atom. The highest BCUT2D eigenvalue weighted by Gasteiger charge is 2.48. The Kier molecular flexibility index (Phi) is 4.12. The number of imide groups is 1. The van der Waals surface area contributed by atoms with E-state index in [0.717, 1.165) is 10.0 Å². The number of halogens is 1. The summed E-state index contributed by atoms with van der Waals surface area (Å²) in [7, 11) is 0. The van der Waals surface area contributed by atoms with Gasteiger partial charge in [-0.25, -0.2) is 4.79 Å². The molecule has 1 unspecified atom stereocenters. The zero-order valence-corrected chi connectivity index (χ0v) is 14.5. The van der Waals surface area contributed by atoms with Crippen molar-refractivity contribution in [2.24, 2.45) is 0 Å². The second-order valence-corrected chi connectivity index (χ2v) is 6.68. The highest BCUT2D eigenvalue weighted by molar-refractivity contribution is 9.10. The van der Waals surface area contributed by atoms with Gasteiger partial charge in [0.15, 0.2) is 0 Å². The van der Waals surface area contributed by atoms with Gasteiger partial charge < -0.3 is 5.32 Å². The summed E-state index contributed by atoms with van der Waals surface area (Å²) in [4.78, 5) is 26.3. The van der Waals surface area contributed by atoms with Crippen LogP contribution in [0.3, 0.4) is 0 Å². The minimum absolute atomic E-state index is 0.212. The molecule has 0 aliphatic carbocycles. The predicted molar refractivity (Wildman–Crippen MR) is 91.7 cm³/mol. The molecule has 3 rings (SSSR count). The van der Waals surface area contributed by atoms with Crippen LogP contribution < -0.4 is 5.32 Å². The topological polar surface area (TPSA) is 73.2 Å². The monoisotopic (exact) mass is 383 g/mol. The summed E-state index contributed by atoms with van der Waals surface area (Å²) in [5.74, 6) is -0.305. The van der Waals surface area contributed by atoms with Crippen molar-refractivity contribution in [2.45, 2.75) is 19.0 Å². The lowest BCUT2D eigenvalue weighted by Gasteiger charge is -2.22. The zero-order chi connectivity index (χ0) is 17.3. The number of carbonyl (C=O) groups excluding carboxylic acids is 2. The maximum atomic E-state index is 12.8. The summed E-state index contributed by atoms with van der Waals surface area (Å²) in [6.45, 7) is 1.89. The lowest BCUT2D eigenvalue weighted by molar-refractivity contribution is -0.131. The first-order valence-corrected chi connectivity index (χ1v) is 8.12. The molecule has 0 radical (unpaired) electrons. The van der Waals surface area contributed by atoms with Gasteiger partial charge >= 0.3 is 6.03 Å². The number of hydrogen-bond donors (Lipinski definition) is 1. The summed E-state index contributed by atoms with van der Waals surface area (Å²) in [6.07, 6.45) is 0. The van der Waals surface area contributed by atoms with Gasteiger partial charge in [0.1, 0.15) is 5.54 Å². The van der Waals surface area contributed by atoms with Crippen LogP contribution in [0.4, 0.5) is 4.79 Å². The summed E-state index contributed by atoms with van der Waals surface area (Å²) in [5, 5.41) is 11.6. The first-order chi connectivity index (χ1) is 11.4. The van der Waals surface area contributed by atoms with Crippen LogP contribution in [0.5, 0.6) is 0 Å². The molecule has 0 aromatic heterocycles. The van der Waals surface area contributed by atoms with E-state index >= 15 is 0 Å². The summed E-state index contributed by atoms with van der Waals surface area (Å²) in [5.41, 5.74) is 0.898. The molecule has 5 nitrogen and oxygen atoms in total. The highest BCUT2D eigenvalue weighted by atomic mass is 79.9. The molecule has 3 amide bonds. The fourth-order valence-electron chi connectivity index (χ4n) is 2.69. The van der Waals surface area contributed by atoms with Gasteiger partial charge in [-0.2, -0.15) is 5.26 Å². The van der Waals surface area contributed by atoms with Crippen LogP contribution in [0.15, 0.2) is 53.0 Å². The van der Waals surface area contributed by atoms with E-state index in [1.807, 2.05) is 30.3 Å². The molecule has 120 valence electrons. The molecule has 0 spiro atoms. The van der Waals surface area contributed by atoms with E-state index in [1.54, 1.807) is 31.2 Å². The highest BCUT2D eigenvalue weighted by Crippen LogP contribution is 2.30. The Hall–Kier alpha value is -2.65. The van der Waals surface area contributed by atoms with E-state index in [4.69, 9.17) is 5.26 Å². The number of amides is 3. The van der Waals surface area contributed by atoms with E-state index < -0.39 is 11.6 Å². The quantitative estimate of drug-likeness (QED) is 0.826. The van der Waals surface area contributed by atoms with Crippen molar-refractivity contribution in [3.63, 3.8) is 0 Å². The lowest BCUT2D eigenvalue weighted by atomic mass is 9.91. The second-order valence-electron chi connectivity index (χ2n) is 5.76. The number of carbonyl (C=O) groups is 2. The Morgan fingerprint density at radius 2 is 1.75 bits per heavy atom. The van der Waals surface area contributed by atoms with Gasteiger partial charge in [-0.05, 0) is 42.3 Å². The Bertz CT molecular complexity index is 840. The fourth-order valence-corrected chi connectivity index (χ4v) is 2.95. The van der Waals surface area contributed by atoms with Crippen molar-refractivity contribution >= 4 is 27.9 Å². The molecular weight excluding hydrogens is 370 g/mol. The average molecular weight is 384 g/mol. The molecule has 1 N–H and O–H groups in total. The van der Waals surface area contributed by atoms with E-state index in [9.17, 15) is 9.59 Å². The van der Waals surface area contributed by atoms with Crippen molar-refractivity contribution in [2.75, 3.05) is 0 Å². The van der Waals surface area contributed by atoms with Crippen LogP contribution in [0.1, 0.15) is 23.6 Å². The number of nitrogens with one attached hydrogen (secondary N) is 1. The molecule has 2 aromatic carbocycles. The van der Waals surface area contributed by atoms with Crippen molar-refractivity contribution in [1.82, 2.24) is 10.2 Å². The van der Waals surface area contributed by atoms with Gasteiger partial charge in [0.25, 0.3) is 5.91 Å². The Balaban J connectivity index is 1.87. The van der Waals surface area contributed by atoms with Gasteiger partial charge in [-0.3, -0.25) is 9.69 Å². The molecular formula is C18H14BrN3O2. The Morgan fingerprint density at radius 3 is 2.33 bits per heavy atom. The third-order valence-corrected chi connectivity index (χ3v) is 4.65. The number of nitrogens with zero attached hydrogens (tertiary/aromatic N) is 2. The molecule has 2 aromatic rings. The van der Waals surface area contributed by atoms with Crippen molar-refractivity contribution in [1.29, 1.82) is 5.26 Å². The van der Waals surface area contributed by atoms with Gasteiger partial charge in [0, 0.05) is 4.47 Å². The van der Waals surface area contributed by atoms with Crippen LogP contribution in [0.2, 0.25) is 0 Å². The third-order valence-electron chi connectivity index (χ3n) is 4.12. The van der Waals surface area contributed by atoms with Crippen LogP contribution in [-0.2, 0) is 16.9 Å². The summed E-state index contributed by atoms with van der Waals surface area (Å²) >= 11 is 3.36. The van der Waals surface area contributed by atoms with Crippen LogP contribution in [-0.4, -0.2) is 16.8 Å². The van der Waals surface area contributed by atoms with Crippen LogP contribution in [0, 0.1) is 11.3 Å². The largest absolute Gasteiger partial charge is 0.325 e. The molecule has 24 heavy (non-hydrogen) atoms. The normalized spacial score (nSPS) is 20.0. The molecule has 0 bridgehead atoms. The predicted octanol–water partition coefficient (Wildman–Crippen LogP) is 3.29. The first-order valence-electron chi connectivity index (χ1n) is 7.33. The molecule has 0 saturated carbocycles. The Labute approximate surface area is 148 Å². The van der Waals surface area contributed by atoms with Gasteiger partial charge in [0.2, 0.25) is 0 Å². The van der Waals surface area contributed by atoms with Crippen LogP contribution >= 0.6 is 15.9 Å². The summed E-state index contributed by atoms with van der Waals surface area (Å²) < 4.78 is 0.936. The third kappa shape index (κ3) is 2.79. The molecule has 6 heteroatoms. The van der Waals surface area contributed by atoms with E-state index in [0.29, 0.717) is 11.1 Å². The lowest BCUT2D eigenvalue weighted by Crippen LogP contribution is -2.40. The van der Waals surface area contributed by atoms with Crippen LogP contribution in [0.25, 0.3) is 0 Å². The zero-order valence-electron chi connectivity index (χ0n) is 12.9. The smallest absolute Gasteiger partial charge is 0.319 e. The van der Waals surface area contributed by atoms with Gasteiger partial charge in [-0.15, -0.1) is 0 Å². The minimum Gasteiger partial charge on any atom is -0.319 e. The van der Waals surface area contributed by atoms with E-state index in [2.05, 4.69) is 21.2 Å². The number of rotatable bonds is 3. The molecule has 1 aliphatic rings. The maximum absolute atomic E-state index is 12.8. The van der Waals surface area contributed by atoms with E-state index in [-0.39, 0.29) is 12.5 Å². The molecule has 1 aliphatic heterocycles. The summed E-state index contributed by atoms with van der Waals surface area (Å²) in [6, 6.07) is 15.7. The molecule has 1 heterocycles. The number of hydrogen-bond acceptors (Lipinski definition) is 3. The van der Waals surface area contributed by atoms with E-state index in [1.165, 1.54) is 4.90 Å². The standard InChI is InChI=1S/C18H14BrN3O2/c1-18(14-6-2-12(10-20)3-7-14)16(23)22(17(24)21-18)11-13-4-8-15(19)9-5-13/h2-9H,11H2,1H3,(H,21,24). The fraction of sp³-hybridized carbons (Fsp3) is 0.167. The molecule has 1 atom stereocenters.